The molecule has 234 valence electrons. The van der Waals surface area contributed by atoms with Crippen LogP contribution in [0.1, 0.15) is 55.4 Å². The Hall–Kier alpha value is -4.58. The quantitative estimate of drug-likeness (QED) is 0.161. The van der Waals surface area contributed by atoms with Gasteiger partial charge in [-0.15, -0.1) is 0 Å². The summed E-state index contributed by atoms with van der Waals surface area (Å²) in [6, 6.07) is 29.4. The molecule has 6 nitrogen and oxygen atoms in total. The lowest BCUT2D eigenvalue weighted by molar-refractivity contribution is -0.142. The number of benzene rings is 2. The van der Waals surface area contributed by atoms with E-state index in [-0.39, 0.29) is 11.7 Å². The van der Waals surface area contributed by atoms with Crippen LogP contribution in [0.2, 0.25) is 0 Å². The molecule has 3 aliphatic carbocycles. The third kappa shape index (κ3) is 5.55. The highest BCUT2D eigenvalue weighted by molar-refractivity contribution is 6.06. The number of aromatic nitrogens is 2. The third-order valence-electron chi connectivity index (χ3n) is 11.2. The number of pyridine rings is 2. The zero-order valence-corrected chi connectivity index (χ0v) is 26.9. The van der Waals surface area contributed by atoms with Gasteiger partial charge in [-0.1, -0.05) is 87.5 Å². The van der Waals surface area contributed by atoms with Gasteiger partial charge in [-0.3, -0.25) is 24.5 Å². The lowest BCUT2D eigenvalue weighted by atomic mass is 9.43. The fourth-order valence-electron chi connectivity index (χ4n) is 8.35. The van der Waals surface area contributed by atoms with Crippen molar-refractivity contribution < 1.29 is 9.59 Å². The molecule has 3 saturated carbocycles. The van der Waals surface area contributed by atoms with E-state index >= 15 is 0 Å². The summed E-state index contributed by atoms with van der Waals surface area (Å²) in [6.45, 7) is 7.75. The van der Waals surface area contributed by atoms with Crippen LogP contribution in [0.5, 0.6) is 0 Å². The number of amides is 1. The summed E-state index contributed by atoms with van der Waals surface area (Å²) in [5.41, 5.74) is 3.71. The van der Waals surface area contributed by atoms with Crippen molar-refractivity contribution in [2.24, 2.45) is 29.1 Å². The van der Waals surface area contributed by atoms with Crippen LogP contribution in [-0.2, 0) is 17.6 Å². The summed E-state index contributed by atoms with van der Waals surface area (Å²) in [7, 11) is 0. The minimum absolute atomic E-state index is 0.0204. The smallest absolute Gasteiger partial charge is 0.254 e. The summed E-state index contributed by atoms with van der Waals surface area (Å²) < 4.78 is 0. The van der Waals surface area contributed by atoms with E-state index in [2.05, 4.69) is 48.2 Å². The standard InChI is InChI=1S/C40H42N4O2/c1-27-31(21-32-22-35(27)39(32,2)3)26-44-37(23-36(45)30-17-15-29(16-18-30)28-11-5-4-6-12-28)43-40(38(44)46,24-33-13-7-9-19-41-33)25-34-14-8-10-20-42-34/h4-20,23,27,31-32,35,43H,21-22,24-26H2,1-3H3. The number of ketones is 1. The van der Waals surface area contributed by atoms with E-state index in [9.17, 15) is 9.59 Å². The van der Waals surface area contributed by atoms with Crippen molar-refractivity contribution in [3.05, 3.63) is 132 Å². The molecule has 1 aliphatic heterocycles. The molecule has 2 aromatic heterocycles. The van der Waals surface area contributed by atoms with Crippen molar-refractivity contribution in [2.45, 2.75) is 52.0 Å². The largest absolute Gasteiger partial charge is 0.356 e. The van der Waals surface area contributed by atoms with Gasteiger partial charge >= 0.3 is 0 Å². The Bertz CT molecular complexity index is 1690. The first kappa shape index (κ1) is 30.1. The normalized spacial score (nSPS) is 25.2. The number of allylic oxidation sites excluding steroid dienone is 1. The van der Waals surface area contributed by atoms with E-state index < -0.39 is 5.54 Å². The molecule has 1 saturated heterocycles. The maximum Gasteiger partial charge on any atom is 0.254 e. The zero-order valence-electron chi connectivity index (χ0n) is 26.9. The van der Waals surface area contributed by atoms with Crippen molar-refractivity contribution in [3.63, 3.8) is 0 Å². The highest BCUT2D eigenvalue weighted by atomic mass is 16.2. The van der Waals surface area contributed by atoms with E-state index in [1.54, 1.807) is 18.5 Å². The summed E-state index contributed by atoms with van der Waals surface area (Å²) in [6.07, 6.45) is 8.30. The number of nitrogens with zero attached hydrogens (tertiary/aromatic N) is 3. The van der Waals surface area contributed by atoms with Crippen molar-refractivity contribution in [1.29, 1.82) is 0 Å². The third-order valence-corrected chi connectivity index (χ3v) is 11.2. The van der Waals surface area contributed by atoms with Crippen LogP contribution in [0.15, 0.2) is 115 Å². The second kappa shape index (κ2) is 12.0. The Morgan fingerprint density at radius 3 is 2.02 bits per heavy atom. The number of nitrogens with one attached hydrogen (secondary N) is 1. The first-order valence-corrected chi connectivity index (χ1v) is 16.5. The summed E-state index contributed by atoms with van der Waals surface area (Å²) >= 11 is 0. The number of hydrogen-bond acceptors (Lipinski definition) is 5. The van der Waals surface area contributed by atoms with E-state index in [0.29, 0.717) is 59.9 Å². The number of rotatable bonds is 9. The van der Waals surface area contributed by atoms with Gasteiger partial charge < -0.3 is 5.32 Å². The van der Waals surface area contributed by atoms with Crippen molar-refractivity contribution in [1.82, 2.24) is 20.2 Å². The van der Waals surface area contributed by atoms with Crippen LogP contribution in [-0.4, -0.2) is 38.6 Å². The second-order valence-corrected chi connectivity index (χ2v) is 14.2. The predicted octanol–water partition coefficient (Wildman–Crippen LogP) is 7.14. The van der Waals surface area contributed by atoms with E-state index in [1.165, 1.54) is 6.42 Å². The second-order valence-electron chi connectivity index (χ2n) is 14.2. The van der Waals surface area contributed by atoms with Gasteiger partial charge in [0.05, 0.1) is 0 Å². The molecular weight excluding hydrogens is 568 g/mol. The first-order valence-electron chi connectivity index (χ1n) is 16.5. The van der Waals surface area contributed by atoms with Crippen LogP contribution in [0.25, 0.3) is 11.1 Å². The molecule has 4 aromatic rings. The van der Waals surface area contributed by atoms with Gasteiger partial charge in [-0.05, 0) is 77.3 Å². The number of carbonyl (C=O) groups excluding carboxylic acids is 2. The summed E-state index contributed by atoms with van der Waals surface area (Å²) in [5, 5.41) is 3.62. The van der Waals surface area contributed by atoms with Gasteiger partial charge in [-0.2, -0.15) is 0 Å². The Balaban J connectivity index is 1.24. The van der Waals surface area contributed by atoms with Crippen molar-refractivity contribution in [3.8, 4) is 11.1 Å². The van der Waals surface area contributed by atoms with E-state index in [4.69, 9.17) is 0 Å². The molecule has 4 unspecified atom stereocenters. The molecule has 0 spiro atoms. The molecule has 4 fully saturated rings. The Morgan fingerprint density at radius 1 is 0.848 bits per heavy atom. The minimum atomic E-state index is -1.02. The number of hydrogen-bond donors (Lipinski definition) is 1. The average molecular weight is 611 g/mol. The molecule has 1 amide bonds. The summed E-state index contributed by atoms with van der Waals surface area (Å²) in [5.74, 6) is 2.61. The highest BCUT2D eigenvalue weighted by Crippen LogP contribution is 2.63. The van der Waals surface area contributed by atoms with E-state index in [0.717, 1.165) is 28.9 Å². The molecule has 6 heteroatoms. The molecule has 4 atom stereocenters. The Labute approximate surface area is 272 Å². The number of fused-ring (bicyclic) bond motifs is 2. The lowest BCUT2D eigenvalue weighted by Gasteiger charge is -2.62. The van der Waals surface area contributed by atoms with E-state index in [1.807, 2.05) is 83.8 Å². The van der Waals surface area contributed by atoms with Gasteiger partial charge in [0.15, 0.2) is 5.78 Å². The molecule has 3 heterocycles. The fraction of sp³-hybridized carbons (Fsp3) is 0.350. The molecule has 2 bridgehead atoms. The predicted molar refractivity (Wildman–Crippen MR) is 180 cm³/mol. The van der Waals surface area contributed by atoms with Crippen LogP contribution < -0.4 is 5.32 Å². The van der Waals surface area contributed by atoms with Gasteiger partial charge in [0, 0.05) is 54.8 Å². The molecule has 46 heavy (non-hydrogen) atoms. The zero-order chi connectivity index (χ0) is 31.9. The summed E-state index contributed by atoms with van der Waals surface area (Å²) in [4.78, 5) is 39.7. The topological polar surface area (TPSA) is 75.2 Å². The van der Waals surface area contributed by atoms with Crippen molar-refractivity contribution >= 4 is 11.7 Å². The van der Waals surface area contributed by atoms with Crippen LogP contribution in [0.4, 0.5) is 0 Å². The SMILES string of the molecule is CC1C(CN2C(=O)C(Cc3ccccn3)(Cc3ccccn3)NC2=CC(=O)c2ccc(-c3ccccc3)cc2)CC2CC1C2(C)C. The fourth-order valence-corrected chi connectivity index (χ4v) is 8.35. The van der Waals surface area contributed by atoms with Crippen LogP contribution >= 0.6 is 0 Å². The molecule has 4 aliphatic rings. The van der Waals surface area contributed by atoms with Crippen LogP contribution in [0.3, 0.4) is 0 Å². The Morgan fingerprint density at radius 2 is 1.46 bits per heavy atom. The molecule has 2 aromatic carbocycles. The Kier molecular flexibility index (Phi) is 7.83. The van der Waals surface area contributed by atoms with Crippen molar-refractivity contribution in [2.75, 3.05) is 6.54 Å². The maximum absolute atomic E-state index is 14.8. The average Bonchev–Trinajstić information content (AvgIpc) is 3.31. The minimum Gasteiger partial charge on any atom is -0.356 e. The molecule has 0 radical (unpaired) electrons. The first-order chi connectivity index (χ1) is 22.2. The molecule has 1 N–H and O–H groups in total. The monoisotopic (exact) mass is 610 g/mol. The van der Waals surface area contributed by atoms with Gasteiger partial charge in [0.2, 0.25) is 0 Å². The van der Waals surface area contributed by atoms with Gasteiger partial charge in [0.25, 0.3) is 5.91 Å². The van der Waals surface area contributed by atoms with Gasteiger partial charge in [0.1, 0.15) is 11.4 Å². The highest BCUT2D eigenvalue weighted by Gasteiger charge is 2.57. The molecular formula is C40H42N4O2. The number of carbonyl (C=O) groups is 2. The lowest BCUT2D eigenvalue weighted by Crippen LogP contribution is -2.57. The van der Waals surface area contributed by atoms with Crippen LogP contribution in [0, 0.1) is 29.1 Å². The molecule has 8 rings (SSSR count). The van der Waals surface area contributed by atoms with Gasteiger partial charge in [-0.25, -0.2) is 0 Å². The maximum atomic E-state index is 14.8.